The average molecular weight is 394 g/mol. The van der Waals surface area contributed by atoms with E-state index < -0.39 is 0 Å². The SMILES string of the molecule is Cc1ccc(CNC(=O)[C@@H](C)Sc2nc3ccccc3c(=O)n2C2CC2)cc1. The van der Waals surface area contributed by atoms with E-state index in [1.807, 2.05) is 62.4 Å². The van der Waals surface area contributed by atoms with E-state index in [1.165, 1.54) is 17.3 Å². The topological polar surface area (TPSA) is 64.0 Å². The maximum absolute atomic E-state index is 12.9. The fourth-order valence-corrected chi connectivity index (χ4v) is 4.12. The van der Waals surface area contributed by atoms with Crippen molar-refractivity contribution < 1.29 is 4.79 Å². The van der Waals surface area contributed by atoms with Crippen molar-refractivity contribution in [3.63, 3.8) is 0 Å². The molecular formula is C22H23N3O2S. The summed E-state index contributed by atoms with van der Waals surface area (Å²) >= 11 is 1.35. The third kappa shape index (κ3) is 3.97. The molecule has 1 aliphatic rings. The Labute approximate surface area is 168 Å². The lowest BCUT2D eigenvalue weighted by molar-refractivity contribution is -0.120. The highest BCUT2D eigenvalue weighted by molar-refractivity contribution is 8.00. The van der Waals surface area contributed by atoms with Gasteiger partial charge in [-0.25, -0.2) is 4.98 Å². The van der Waals surface area contributed by atoms with Crippen LogP contribution in [0.5, 0.6) is 0 Å². The number of rotatable bonds is 6. The van der Waals surface area contributed by atoms with Crippen LogP contribution >= 0.6 is 11.8 Å². The summed E-state index contributed by atoms with van der Waals surface area (Å²) in [5.74, 6) is -0.0599. The zero-order valence-electron chi connectivity index (χ0n) is 16.0. The van der Waals surface area contributed by atoms with E-state index in [1.54, 1.807) is 4.57 Å². The number of thioether (sulfide) groups is 1. The summed E-state index contributed by atoms with van der Waals surface area (Å²) in [4.78, 5) is 30.2. The molecular weight excluding hydrogens is 370 g/mol. The van der Waals surface area contributed by atoms with Gasteiger partial charge in [0.2, 0.25) is 5.91 Å². The highest BCUT2D eigenvalue weighted by Crippen LogP contribution is 2.37. The smallest absolute Gasteiger partial charge is 0.262 e. The number of carbonyl (C=O) groups is 1. The zero-order chi connectivity index (χ0) is 19.7. The molecule has 1 N–H and O–H groups in total. The van der Waals surface area contributed by atoms with E-state index in [0.29, 0.717) is 22.6 Å². The van der Waals surface area contributed by atoms with Crippen molar-refractivity contribution in [3.05, 3.63) is 70.0 Å². The van der Waals surface area contributed by atoms with Gasteiger partial charge in [-0.15, -0.1) is 0 Å². The second-order valence-electron chi connectivity index (χ2n) is 7.28. The minimum atomic E-state index is -0.344. The van der Waals surface area contributed by atoms with Crippen LogP contribution in [0.4, 0.5) is 0 Å². The first kappa shape index (κ1) is 18.7. The molecule has 2 aromatic carbocycles. The third-order valence-electron chi connectivity index (χ3n) is 4.93. The van der Waals surface area contributed by atoms with E-state index in [0.717, 1.165) is 18.4 Å². The van der Waals surface area contributed by atoms with Gasteiger partial charge in [-0.2, -0.15) is 0 Å². The molecule has 3 aromatic rings. The van der Waals surface area contributed by atoms with Crippen LogP contribution < -0.4 is 10.9 Å². The molecule has 4 rings (SSSR count). The maximum atomic E-state index is 12.9. The number of aryl methyl sites for hydroxylation is 1. The largest absolute Gasteiger partial charge is 0.351 e. The number of hydrogen-bond donors (Lipinski definition) is 1. The molecule has 0 radical (unpaired) electrons. The highest BCUT2D eigenvalue weighted by Gasteiger charge is 2.30. The second kappa shape index (κ2) is 7.80. The summed E-state index contributed by atoms with van der Waals surface area (Å²) < 4.78 is 1.77. The molecule has 1 amide bonds. The minimum absolute atomic E-state index is 0.0112. The Morgan fingerprint density at radius 2 is 1.93 bits per heavy atom. The van der Waals surface area contributed by atoms with Crippen molar-refractivity contribution in [2.24, 2.45) is 0 Å². The van der Waals surface area contributed by atoms with E-state index in [-0.39, 0.29) is 22.8 Å². The van der Waals surface area contributed by atoms with Gasteiger partial charge >= 0.3 is 0 Å². The molecule has 5 nitrogen and oxygen atoms in total. The number of benzene rings is 2. The van der Waals surface area contributed by atoms with Crippen LogP contribution in [0.3, 0.4) is 0 Å². The molecule has 0 spiro atoms. The molecule has 0 unspecified atom stereocenters. The fraction of sp³-hybridized carbons (Fsp3) is 0.318. The van der Waals surface area contributed by atoms with Gasteiger partial charge < -0.3 is 5.32 Å². The molecule has 28 heavy (non-hydrogen) atoms. The summed E-state index contributed by atoms with van der Waals surface area (Å²) in [6, 6.07) is 15.7. The van der Waals surface area contributed by atoms with Crippen LogP contribution in [0, 0.1) is 6.92 Å². The minimum Gasteiger partial charge on any atom is -0.351 e. The molecule has 1 aromatic heterocycles. The van der Waals surface area contributed by atoms with Gasteiger partial charge in [0.15, 0.2) is 5.16 Å². The Hall–Kier alpha value is -2.60. The van der Waals surface area contributed by atoms with Gasteiger partial charge in [-0.3, -0.25) is 14.2 Å². The summed E-state index contributed by atoms with van der Waals surface area (Å²) in [7, 11) is 0. The number of amides is 1. The monoisotopic (exact) mass is 393 g/mol. The Bertz CT molecular complexity index is 1070. The number of nitrogens with one attached hydrogen (secondary N) is 1. The molecule has 0 saturated heterocycles. The normalized spacial score (nSPS) is 14.8. The van der Waals surface area contributed by atoms with Gasteiger partial charge in [0.1, 0.15) is 0 Å². The Kier molecular flexibility index (Phi) is 5.22. The van der Waals surface area contributed by atoms with Gasteiger partial charge in [0.05, 0.1) is 16.2 Å². The van der Waals surface area contributed by atoms with Crippen molar-refractivity contribution in [1.29, 1.82) is 0 Å². The summed E-state index contributed by atoms with van der Waals surface area (Å²) in [6.45, 7) is 4.38. The van der Waals surface area contributed by atoms with Crippen molar-refractivity contribution in [1.82, 2.24) is 14.9 Å². The average Bonchev–Trinajstić information content (AvgIpc) is 3.52. The first-order valence-corrected chi connectivity index (χ1v) is 10.4. The Balaban J connectivity index is 1.52. The predicted octanol–water partition coefficient (Wildman–Crippen LogP) is 3.84. The highest BCUT2D eigenvalue weighted by atomic mass is 32.2. The standard InChI is InChI=1S/C22H23N3O2S/c1-14-7-9-16(10-8-14)13-23-20(26)15(2)28-22-24-19-6-4-3-5-18(19)21(27)25(22)17-11-12-17/h3-10,15,17H,11-13H2,1-2H3,(H,23,26)/t15-/m1/s1. The van der Waals surface area contributed by atoms with E-state index >= 15 is 0 Å². The van der Waals surface area contributed by atoms with Gasteiger partial charge in [0, 0.05) is 12.6 Å². The second-order valence-corrected chi connectivity index (χ2v) is 8.59. The van der Waals surface area contributed by atoms with E-state index in [2.05, 4.69) is 5.32 Å². The van der Waals surface area contributed by atoms with Crippen LogP contribution in [0.2, 0.25) is 0 Å². The predicted molar refractivity (Wildman–Crippen MR) is 113 cm³/mol. The quantitative estimate of drug-likeness (QED) is 0.511. The van der Waals surface area contributed by atoms with Gasteiger partial charge in [0.25, 0.3) is 5.56 Å². The molecule has 1 heterocycles. The van der Waals surface area contributed by atoms with E-state index in [9.17, 15) is 9.59 Å². The van der Waals surface area contributed by atoms with Crippen LogP contribution in [0.25, 0.3) is 10.9 Å². The van der Waals surface area contributed by atoms with Crippen LogP contribution in [0.15, 0.2) is 58.5 Å². The summed E-state index contributed by atoms with van der Waals surface area (Å²) in [5, 5.41) is 3.90. The molecule has 144 valence electrons. The zero-order valence-corrected chi connectivity index (χ0v) is 16.8. The first-order valence-electron chi connectivity index (χ1n) is 9.54. The van der Waals surface area contributed by atoms with Gasteiger partial charge in [-0.1, -0.05) is 53.7 Å². The molecule has 1 fully saturated rings. The molecule has 1 atom stereocenters. The summed E-state index contributed by atoms with van der Waals surface area (Å²) in [5.41, 5.74) is 2.93. The van der Waals surface area contributed by atoms with Crippen molar-refractivity contribution >= 4 is 28.6 Å². The van der Waals surface area contributed by atoms with Crippen molar-refractivity contribution in [3.8, 4) is 0 Å². The lowest BCUT2D eigenvalue weighted by atomic mass is 10.1. The maximum Gasteiger partial charge on any atom is 0.262 e. The number of para-hydroxylation sites is 1. The number of aromatic nitrogens is 2. The molecule has 0 aliphatic heterocycles. The fourth-order valence-electron chi connectivity index (χ4n) is 3.11. The van der Waals surface area contributed by atoms with Gasteiger partial charge in [-0.05, 0) is 44.4 Å². The molecule has 1 saturated carbocycles. The number of nitrogens with zero attached hydrogens (tertiary/aromatic N) is 2. The molecule has 6 heteroatoms. The van der Waals surface area contributed by atoms with Crippen LogP contribution in [0.1, 0.15) is 36.9 Å². The summed E-state index contributed by atoms with van der Waals surface area (Å²) in [6.07, 6.45) is 1.98. The lowest BCUT2D eigenvalue weighted by Gasteiger charge is -2.16. The number of fused-ring (bicyclic) bond motifs is 1. The first-order chi connectivity index (χ1) is 13.5. The Morgan fingerprint density at radius 3 is 2.64 bits per heavy atom. The molecule has 1 aliphatic carbocycles. The Morgan fingerprint density at radius 1 is 1.21 bits per heavy atom. The van der Waals surface area contributed by atoms with Crippen molar-refractivity contribution in [2.75, 3.05) is 0 Å². The molecule has 0 bridgehead atoms. The van der Waals surface area contributed by atoms with Crippen LogP contribution in [-0.2, 0) is 11.3 Å². The number of hydrogen-bond acceptors (Lipinski definition) is 4. The lowest BCUT2D eigenvalue weighted by Crippen LogP contribution is -2.31. The van der Waals surface area contributed by atoms with Crippen LogP contribution in [-0.4, -0.2) is 20.7 Å². The number of carbonyl (C=O) groups excluding carboxylic acids is 1. The van der Waals surface area contributed by atoms with Crippen molar-refractivity contribution in [2.45, 2.75) is 49.7 Å². The van der Waals surface area contributed by atoms with E-state index in [4.69, 9.17) is 4.98 Å². The third-order valence-corrected chi connectivity index (χ3v) is 5.99.